The lowest BCUT2D eigenvalue weighted by atomic mass is 10.3. The third-order valence-corrected chi connectivity index (χ3v) is 3.01. The average Bonchev–Trinajstić information content (AvgIpc) is 2.32. The molecule has 0 radical (unpaired) electrons. The summed E-state index contributed by atoms with van der Waals surface area (Å²) in [6.45, 7) is -1.10. The van der Waals surface area contributed by atoms with Gasteiger partial charge in [0.1, 0.15) is 0 Å². The molecule has 3 nitrogen and oxygen atoms in total. The molecular formula is C12H14F3NO2S. The molecule has 0 unspecified atom stereocenters. The Balaban J connectivity index is 2.55. The highest BCUT2D eigenvalue weighted by Crippen LogP contribution is 2.22. The third kappa shape index (κ3) is 5.87. The van der Waals surface area contributed by atoms with Gasteiger partial charge in [0.15, 0.2) is 11.6 Å². The van der Waals surface area contributed by atoms with Gasteiger partial charge in [0.05, 0.1) is 0 Å². The number of thioether (sulfide) groups is 1. The Morgan fingerprint density at radius 3 is 2.79 bits per heavy atom. The minimum Gasteiger partial charge on any atom is -0.432 e. The Morgan fingerprint density at radius 2 is 2.21 bits per heavy atom. The Labute approximate surface area is 113 Å². The van der Waals surface area contributed by atoms with Crippen LogP contribution in [0.3, 0.4) is 0 Å². The highest BCUT2D eigenvalue weighted by molar-refractivity contribution is 7.99. The maximum absolute atomic E-state index is 13.4. The molecule has 0 aliphatic carbocycles. The lowest BCUT2D eigenvalue weighted by Crippen LogP contribution is -2.12. The van der Waals surface area contributed by atoms with Gasteiger partial charge in [-0.3, -0.25) is 4.79 Å². The van der Waals surface area contributed by atoms with Crippen LogP contribution in [-0.4, -0.2) is 24.0 Å². The minimum atomic E-state index is -3.08. The molecule has 0 aromatic heterocycles. The van der Waals surface area contributed by atoms with E-state index >= 15 is 0 Å². The first-order valence-corrected chi connectivity index (χ1v) is 6.80. The van der Waals surface area contributed by atoms with Crippen molar-refractivity contribution < 1.29 is 22.7 Å². The molecule has 1 amide bonds. The van der Waals surface area contributed by atoms with E-state index in [-0.39, 0.29) is 11.6 Å². The van der Waals surface area contributed by atoms with Crippen molar-refractivity contribution in [3.8, 4) is 5.75 Å². The van der Waals surface area contributed by atoms with E-state index in [4.69, 9.17) is 0 Å². The molecule has 106 valence electrons. The van der Waals surface area contributed by atoms with E-state index in [1.54, 1.807) is 11.8 Å². The molecule has 1 rings (SSSR count). The van der Waals surface area contributed by atoms with Gasteiger partial charge in [-0.15, -0.1) is 0 Å². The van der Waals surface area contributed by atoms with Crippen LogP contribution in [0.5, 0.6) is 5.75 Å². The smallest absolute Gasteiger partial charge is 0.387 e. The minimum absolute atomic E-state index is 0.214. The van der Waals surface area contributed by atoms with Crippen molar-refractivity contribution in [1.29, 1.82) is 0 Å². The lowest BCUT2D eigenvalue weighted by Gasteiger charge is -2.08. The lowest BCUT2D eigenvalue weighted by molar-refractivity contribution is -0.115. The summed E-state index contributed by atoms with van der Waals surface area (Å²) in [7, 11) is 0. The quantitative estimate of drug-likeness (QED) is 0.782. The van der Waals surface area contributed by atoms with E-state index in [2.05, 4.69) is 10.1 Å². The number of amides is 1. The fourth-order valence-electron chi connectivity index (χ4n) is 1.30. The van der Waals surface area contributed by atoms with E-state index in [0.29, 0.717) is 12.2 Å². The second kappa shape index (κ2) is 7.93. The maximum atomic E-state index is 13.4. The number of ether oxygens (including phenoxy) is 1. The zero-order valence-corrected chi connectivity index (χ0v) is 11.1. The molecule has 1 aromatic carbocycles. The summed E-state index contributed by atoms with van der Waals surface area (Å²) in [5, 5.41) is 2.49. The monoisotopic (exact) mass is 293 g/mol. The molecule has 0 atom stereocenters. The van der Waals surface area contributed by atoms with Gasteiger partial charge in [-0.1, -0.05) is 6.92 Å². The van der Waals surface area contributed by atoms with Crippen LogP contribution in [0.25, 0.3) is 0 Å². The summed E-state index contributed by atoms with van der Waals surface area (Å²) in [5.41, 5.74) is 0.214. The second-order valence-corrected chi connectivity index (χ2v) is 4.91. The zero-order valence-electron chi connectivity index (χ0n) is 10.3. The number of hydrogen-bond acceptors (Lipinski definition) is 3. The van der Waals surface area contributed by atoms with Crippen molar-refractivity contribution in [1.82, 2.24) is 0 Å². The van der Waals surface area contributed by atoms with Crippen LogP contribution in [0, 0.1) is 5.82 Å². The number of alkyl halides is 2. The van der Waals surface area contributed by atoms with E-state index in [1.165, 1.54) is 6.07 Å². The molecule has 1 N–H and O–H groups in total. The van der Waals surface area contributed by atoms with Gasteiger partial charge < -0.3 is 10.1 Å². The maximum Gasteiger partial charge on any atom is 0.387 e. The summed E-state index contributed by atoms with van der Waals surface area (Å²) in [4.78, 5) is 11.5. The van der Waals surface area contributed by atoms with Crippen molar-refractivity contribution in [2.45, 2.75) is 20.0 Å². The number of carbonyl (C=O) groups is 1. The molecule has 0 aliphatic heterocycles. The molecule has 0 bridgehead atoms. The van der Waals surface area contributed by atoms with Crippen LogP contribution >= 0.6 is 11.8 Å². The molecular weight excluding hydrogens is 279 g/mol. The van der Waals surface area contributed by atoms with E-state index < -0.39 is 18.2 Å². The van der Waals surface area contributed by atoms with Crippen LogP contribution in [-0.2, 0) is 4.79 Å². The van der Waals surface area contributed by atoms with Gasteiger partial charge >= 0.3 is 6.61 Å². The van der Waals surface area contributed by atoms with Crippen LogP contribution in [0.15, 0.2) is 18.2 Å². The summed E-state index contributed by atoms with van der Waals surface area (Å²) in [6, 6.07) is 3.31. The molecule has 0 saturated carbocycles. The van der Waals surface area contributed by atoms with Gasteiger partial charge in [0.25, 0.3) is 0 Å². The summed E-state index contributed by atoms with van der Waals surface area (Å²) < 4.78 is 41.2. The SMILES string of the molecule is CCSCCC(=O)Nc1ccc(OC(F)F)c(F)c1. The molecule has 0 saturated heterocycles. The predicted molar refractivity (Wildman–Crippen MR) is 69.3 cm³/mol. The summed E-state index contributed by atoms with van der Waals surface area (Å²) in [6.07, 6.45) is 0.315. The molecule has 0 fully saturated rings. The topological polar surface area (TPSA) is 38.3 Å². The Hall–Kier alpha value is -1.37. The third-order valence-electron chi connectivity index (χ3n) is 2.11. The molecule has 0 heterocycles. The van der Waals surface area contributed by atoms with Crippen molar-refractivity contribution in [2.75, 3.05) is 16.8 Å². The van der Waals surface area contributed by atoms with Crippen molar-refractivity contribution in [2.24, 2.45) is 0 Å². The van der Waals surface area contributed by atoms with Gasteiger partial charge in [-0.25, -0.2) is 4.39 Å². The fourth-order valence-corrected chi connectivity index (χ4v) is 1.92. The van der Waals surface area contributed by atoms with Crippen molar-refractivity contribution in [3.63, 3.8) is 0 Å². The van der Waals surface area contributed by atoms with Gasteiger partial charge in [-0.2, -0.15) is 20.5 Å². The Morgan fingerprint density at radius 1 is 1.47 bits per heavy atom. The van der Waals surface area contributed by atoms with Crippen LogP contribution in [0.4, 0.5) is 18.9 Å². The molecule has 0 aliphatic rings. The van der Waals surface area contributed by atoms with Gasteiger partial charge in [0.2, 0.25) is 5.91 Å². The molecule has 1 aromatic rings. The number of nitrogens with one attached hydrogen (secondary N) is 1. The second-order valence-electron chi connectivity index (χ2n) is 3.52. The van der Waals surface area contributed by atoms with Crippen molar-refractivity contribution in [3.05, 3.63) is 24.0 Å². The Kier molecular flexibility index (Phi) is 6.55. The predicted octanol–water partition coefficient (Wildman–Crippen LogP) is 3.51. The molecule has 7 heteroatoms. The first-order valence-electron chi connectivity index (χ1n) is 5.65. The van der Waals surface area contributed by atoms with Crippen LogP contribution in [0.2, 0.25) is 0 Å². The molecule has 0 spiro atoms. The highest BCUT2D eigenvalue weighted by Gasteiger charge is 2.11. The largest absolute Gasteiger partial charge is 0.432 e. The van der Waals surface area contributed by atoms with Crippen molar-refractivity contribution >= 4 is 23.4 Å². The number of anilines is 1. The zero-order chi connectivity index (χ0) is 14.3. The number of halogens is 3. The van der Waals surface area contributed by atoms with Gasteiger partial charge in [-0.05, 0) is 17.9 Å². The number of rotatable bonds is 7. The Bertz CT molecular complexity index is 429. The standard InChI is InChI=1S/C12H14F3NO2S/c1-2-19-6-5-11(17)16-8-3-4-10(9(13)7-8)18-12(14)15/h3-4,7,12H,2,5-6H2,1H3,(H,16,17). The normalized spacial score (nSPS) is 10.6. The number of hydrogen-bond donors (Lipinski definition) is 1. The first-order chi connectivity index (χ1) is 9.02. The highest BCUT2D eigenvalue weighted by atomic mass is 32.2. The van der Waals surface area contributed by atoms with Gasteiger partial charge in [0, 0.05) is 23.9 Å². The summed E-state index contributed by atoms with van der Waals surface area (Å²) >= 11 is 1.62. The fraction of sp³-hybridized carbons (Fsp3) is 0.417. The van der Waals surface area contributed by atoms with E-state index in [9.17, 15) is 18.0 Å². The summed E-state index contributed by atoms with van der Waals surface area (Å²) in [5.74, 6) is -0.141. The number of benzene rings is 1. The number of carbonyl (C=O) groups excluding carboxylic acids is 1. The van der Waals surface area contributed by atoms with E-state index in [1.807, 2.05) is 6.92 Å². The van der Waals surface area contributed by atoms with Crippen LogP contribution < -0.4 is 10.1 Å². The molecule has 19 heavy (non-hydrogen) atoms. The first kappa shape index (κ1) is 15.7. The van der Waals surface area contributed by atoms with Crippen LogP contribution in [0.1, 0.15) is 13.3 Å². The van der Waals surface area contributed by atoms with E-state index in [0.717, 1.165) is 17.9 Å². The average molecular weight is 293 g/mol.